The number of hydrogen-bond donors (Lipinski definition) is 2. The van der Waals surface area contributed by atoms with Crippen LogP contribution in [0.4, 0.5) is 0 Å². The Morgan fingerprint density at radius 3 is 2.70 bits per heavy atom. The maximum Gasteiger partial charge on any atom is 0.240 e. The molecule has 23 heavy (non-hydrogen) atoms. The van der Waals surface area contributed by atoms with Crippen LogP contribution in [0.3, 0.4) is 0 Å². The zero-order valence-electron chi connectivity index (χ0n) is 12.7. The van der Waals surface area contributed by atoms with E-state index in [0.717, 1.165) is 10.8 Å². The molecule has 8 heteroatoms. The summed E-state index contributed by atoms with van der Waals surface area (Å²) in [6.07, 6.45) is 5.09. The highest BCUT2D eigenvalue weighted by atomic mass is 35.5. The second-order valence-electron chi connectivity index (χ2n) is 4.85. The van der Waals surface area contributed by atoms with E-state index in [1.165, 1.54) is 0 Å². The van der Waals surface area contributed by atoms with Gasteiger partial charge in [0.2, 0.25) is 10.0 Å². The van der Waals surface area contributed by atoms with E-state index in [1.807, 2.05) is 6.92 Å². The number of aromatic nitrogens is 1. The lowest BCUT2D eigenvalue weighted by molar-refractivity contribution is 0.545. The third kappa shape index (κ3) is 6.08. The number of benzene rings is 1. The number of hydrogen-bond acceptors (Lipinski definition) is 4. The largest absolute Gasteiger partial charge is 0.312 e. The van der Waals surface area contributed by atoms with Gasteiger partial charge >= 0.3 is 0 Å². The van der Waals surface area contributed by atoms with Gasteiger partial charge in [0.05, 0.1) is 4.90 Å². The maximum absolute atomic E-state index is 12.3. The molecule has 1 unspecified atom stereocenters. The second kappa shape index (κ2) is 9.85. The summed E-state index contributed by atoms with van der Waals surface area (Å²) in [5, 5.41) is 4.85. The van der Waals surface area contributed by atoms with E-state index in [9.17, 15) is 8.42 Å². The van der Waals surface area contributed by atoms with Crippen molar-refractivity contribution in [2.45, 2.75) is 17.9 Å². The quantitative estimate of drug-likeness (QED) is 0.574. The van der Waals surface area contributed by atoms with Crippen LogP contribution in [-0.2, 0) is 10.0 Å². The van der Waals surface area contributed by atoms with Crippen LogP contribution >= 0.6 is 24.8 Å². The van der Waals surface area contributed by atoms with Gasteiger partial charge in [-0.1, -0.05) is 12.1 Å². The summed E-state index contributed by atoms with van der Waals surface area (Å²) in [4.78, 5) is 4.27. The molecule has 0 amide bonds. The summed E-state index contributed by atoms with van der Waals surface area (Å²) >= 11 is 0. The van der Waals surface area contributed by atoms with E-state index >= 15 is 0 Å². The molecule has 1 aromatic heterocycles. The molecular weight excluding hydrogens is 357 g/mol. The van der Waals surface area contributed by atoms with Crippen molar-refractivity contribution in [3.63, 3.8) is 0 Å². The van der Waals surface area contributed by atoms with Crippen molar-refractivity contribution < 1.29 is 8.42 Å². The molecule has 2 N–H and O–H groups in total. The molecule has 0 aliphatic heterocycles. The number of halogens is 2. The summed E-state index contributed by atoms with van der Waals surface area (Å²) in [6, 6.07) is 6.60. The molecule has 0 aliphatic carbocycles. The minimum absolute atomic E-state index is 0. The number of nitrogens with zero attached hydrogens (tertiary/aromatic N) is 1. The van der Waals surface area contributed by atoms with E-state index in [0.29, 0.717) is 13.1 Å². The van der Waals surface area contributed by atoms with Gasteiger partial charge in [0.25, 0.3) is 0 Å². The smallest absolute Gasteiger partial charge is 0.240 e. The fourth-order valence-corrected chi connectivity index (χ4v) is 3.28. The van der Waals surface area contributed by atoms with Gasteiger partial charge in [0.15, 0.2) is 0 Å². The molecule has 0 fully saturated rings. The van der Waals surface area contributed by atoms with Crippen LogP contribution in [0, 0.1) is 0 Å². The normalized spacial score (nSPS) is 12.0. The number of fused-ring (bicyclic) bond motifs is 1. The first-order valence-corrected chi connectivity index (χ1v) is 8.19. The highest BCUT2D eigenvalue weighted by Crippen LogP contribution is 2.18. The van der Waals surface area contributed by atoms with E-state index in [4.69, 9.17) is 0 Å². The second-order valence-corrected chi connectivity index (χ2v) is 6.57. The van der Waals surface area contributed by atoms with Crippen molar-refractivity contribution in [3.8, 4) is 0 Å². The Kier molecular flexibility index (Phi) is 9.34. The Balaban J connectivity index is 0.00000242. The predicted octanol–water partition coefficient (Wildman–Crippen LogP) is 2.52. The third-order valence-corrected chi connectivity index (χ3v) is 4.61. The average Bonchev–Trinajstić information content (AvgIpc) is 2.46. The SMILES string of the molecule is C=CCNCC(C)NS(=O)(=O)c1ccc2cnccc2c1.Cl.Cl. The first-order valence-electron chi connectivity index (χ1n) is 6.70. The standard InChI is InChI=1S/C15H19N3O2S.2ClH/c1-3-7-16-10-12(2)18-21(19,20)15-5-4-14-11-17-8-6-13(14)9-15;;/h3-6,8-9,11-12,16,18H,1,7,10H2,2H3;2*1H. The lowest BCUT2D eigenvalue weighted by Crippen LogP contribution is -2.39. The van der Waals surface area contributed by atoms with Crippen LogP contribution in [-0.4, -0.2) is 32.5 Å². The Hall–Kier alpha value is -1.18. The van der Waals surface area contributed by atoms with Gasteiger partial charge in [-0.05, 0) is 30.5 Å². The van der Waals surface area contributed by atoms with Crippen LogP contribution in [0.25, 0.3) is 10.8 Å². The van der Waals surface area contributed by atoms with Crippen molar-refractivity contribution in [2.75, 3.05) is 13.1 Å². The topological polar surface area (TPSA) is 71.1 Å². The van der Waals surface area contributed by atoms with E-state index < -0.39 is 10.0 Å². The van der Waals surface area contributed by atoms with E-state index in [2.05, 4.69) is 21.6 Å². The summed E-state index contributed by atoms with van der Waals surface area (Å²) in [5.74, 6) is 0. The third-order valence-electron chi connectivity index (χ3n) is 3.02. The minimum Gasteiger partial charge on any atom is -0.312 e. The fourth-order valence-electron chi connectivity index (χ4n) is 2.01. The predicted molar refractivity (Wildman–Crippen MR) is 99.1 cm³/mol. The molecular formula is C15H21Cl2N3O2S. The minimum atomic E-state index is -3.52. The van der Waals surface area contributed by atoms with Crippen molar-refractivity contribution in [1.82, 2.24) is 15.0 Å². The maximum atomic E-state index is 12.3. The highest BCUT2D eigenvalue weighted by molar-refractivity contribution is 7.89. The van der Waals surface area contributed by atoms with Gasteiger partial charge in [-0.25, -0.2) is 13.1 Å². The first-order chi connectivity index (χ1) is 10.0. The molecule has 5 nitrogen and oxygen atoms in total. The van der Waals surface area contributed by atoms with Gasteiger partial charge in [0.1, 0.15) is 0 Å². The van der Waals surface area contributed by atoms with Crippen LogP contribution < -0.4 is 10.0 Å². The molecule has 1 heterocycles. The lowest BCUT2D eigenvalue weighted by atomic mass is 10.2. The number of sulfonamides is 1. The van der Waals surface area contributed by atoms with Crippen molar-refractivity contribution in [2.24, 2.45) is 0 Å². The van der Waals surface area contributed by atoms with Crippen LogP contribution in [0.1, 0.15) is 6.92 Å². The number of rotatable bonds is 7. The lowest BCUT2D eigenvalue weighted by Gasteiger charge is -2.14. The Labute approximate surface area is 149 Å². The van der Waals surface area contributed by atoms with E-state index in [-0.39, 0.29) is 35.8 Å². The Bertz CT molecular complexity index is 738. The number of pyridine rings is 1. The monoisotopic (exact) mass is 377 g/mol. The molecule has 128 valence electrons. The van der Waals surface area contributed by atoms with Crippen LogP contribution in [0.15, 0.2) is 54.2 Å². The van der Waals surface area contributed by atoms with Gasteiger partial charge in [0, 0.05) is 36.9 Å². The summed E-state index contributed by atoms with van der Waals surface area (Å²) in [5.41, 5.74) is 0. The number of nitrogens with one attached hydrogen (secondary N) is 2. The molecule has 0 bridgehead atoms. The molecule has 2 rings (SSSR count). The molecule has 0 saturated carbocycles. The van der Waals surface area contributed by atoms with Crippen molar-refractivity contribution in [3.05, 3.63) is 49.3 Å². The first kappa shape index (κ1) is 21.8. The van der Waals surface area contributed by atoms with Crippen molar-refractivity contribution in [1.29, 1.82) is 0 Å². The molecule has 1 atom stereocenters. The van der Waals surface area contributed by atoms with Gasteiger partial charge in [-0.15, -0.1) is 31.4 Å². The van der Waals surface area contributed by atoms with Crippen LogP contribution in [0.2, 0.25) is 0 Å². The highest BCUT2D eigenvalue weighted by Gasteiger charge is 2.17. The van der Waals surface area contributed by atoms with Gasteiger partial charge in [-0.3, -0.25) is 4.98 Å². The molecule has 0 aliphatic rings. The average molecular weight is 378 g/mol. The summed E-state index contributed by atoms with van der Waals surface area (Å²) < 4.78 is 27.3. The Morgan fingerprint density at radius 1 is 1.26 bits per heavy atom. The fraction of sp³-hybridized carbons (Fsp3) is 0.267. The summed E-state index contributed by atoms with van der Waals surface area (Å²) in [6.45, 7) is 6.61. The zero-order chi connectivity index (χ0) is 15.3. The molecule has 2 aromatic rings. The van der Waals surface area contributed by atoms with Gasteiger partial charge in [-0.2, -0.15) is 0 Å². The van der Waals surface area contributed by atoms with Crippen LogP contribution in [0.5, 0.6) is 0 Å². The molecule has 0 saturated heterocycles. The zero-order valence-corrected chi connectivity index (χ0v) is 15.2. The van der Waals surface area contributed by atoms with Crippen molar-refractivity contribution >= 4 is 45.6 Å². The molecule has 1 aromatic carbocycles. The van der Waals surface area contributed by atoms with E-state index in [1.54, 1.807) is 42.7 Å². The molecule has 0 radical (unpaired) electrons. The summed E-state index contributed by atoms with van der Waals surface area (Å²) in [7, 11) is -3.52. The Morgan fingerprint density at radius 2 is 2.00 bits per heavy atom. The van der Waals surface area contributed by atoms with Gasteiger partial charge < -0.3 is 5.32 Å². The molecule has 0 spiro atoms.